The standard InChI is InChI=1S/C23H27F3N4O3S/c24-23(25,26)17-5-7-18(8-6-17)27-22(31)28-19-9-11-21(12-10-19)34(32,33)30-15-3-4-20(30)16-29-13-1-2-14-29/h5-12,20H,1-4,13-16H2,(H2,27,28,31)/t20-/m0/s1. The number of nitrogens with one attached hydrogen (secondary N) is 2. The molecule has 7 nitrogen and oxygen atoms in total. The largest absolute Gasteiger partial charge is 0.416 e. The van der Waals surface area contributed by atoms with Crippen LogP contribution in [0.1, 0.15) is 31.2 Å². The highest BCUT2D eigenvalue weighted by molar-refractivity contribution is 7.89. The Labute approximate surface area is 197 Å². The molecule has 2 aliphatic rings. The molecule has 2 N–H and O–H groups in total. The van der Waals surface area contributed by atoms with Crippen LogP contribution in [-0.4, -0.2) is 55.9 Å². The topological polar surface area (TPSA) is 81.8 Å². The molecule has 2 amide bonds. The van der Waals surface area contributed by atoms with Gasteiger partial charge in [0.25, 0.3) is 0 Å². The number of benzene rings is 2. The number of nitrogens with zero attached hydrogens (tertiary/aromatic N) is 2. The van der Waals surface area contributed by atoms with Crippen molar-refractivity contribution in [3.05, 3.63) is 54.1 Å². The molecular formula is C23H27F3N4O3S. The minimum absolute atomic E-state index is 0.0320. The number of hydrogen-bond donors (Lipinski definition) is 2. The number of anilines is 2. The van der Waals surface area contributed by atoms with Crippen molar-refractivity contribution in [1.29, 1.82) is 0 Å². The number of likely N-dealkylation sites (tertiary alicyclic amines) is 1. The number of halogens is 3. The lowest BCUT2D eigenvalue weighted by atomic mass is 10.2. The summed E-state index contributed by atoms with van der Waals surface area (Å²) < 4.78 is 66.0. The van der Waals surface area contributed by atoms with Gasteiger partial charge in [-0.15, -0.1) is 0 Å². The Morgan fingerprint density at radius 3 is 2.00 bits per heavy atom. The first-order valence-corrected chi connectivity index (χ1v) is 12.7. The normalized spacial score (nSPS) is 19.9. The zero-order chi connectivity index (χ0) is 24.3. The van der Waals surface area contributed by atoms with E-state index in [9.17, 15) is 26.4 Å². The van der Waals surface area contributed by atoms with Crippen molar-refractivity contribution in [2.45, 2.75) is 42.8 Å². The van der Waals surface area contributed by atoms with E-state index in [0.29, 0.717) is 12.2 Å². The number of carbonyl (C=O) groups excluding carboxylic acids is 1. The number of alkyl halides is 3. The monoisotopic (exact) mass is 496 g/mol. The van der Waals surface area contributed by atoms with Crippen molar-refractivity contribution in [1.82, 2.24) is 9.21 Å². The summed E-state index contributed by atoms with van der Waals surface area (Å²) in [6, 6.07) is 9.28. The molecule has 2 aromatic rings. The minimum Gasteiger partial charge on any atom is -0.308 e. The van der Waals surface area contributed by atoms with Gasteiger partial charge in [-0.3, -0.25) is 0 Å². The van der Waals surface area contributed by atoms with Crippen LogP contribution in [0.25, 0.3) is 0 Å². The molecule has 0 bridgehead atoms. The van der Waals surface area contributed by atoms with Gasteiger partial charge < -0.3 is 15.5 Å². The van der Waals surface area contributed by atoms with Crippen LogP contribution < -0.4 is 10.6 Å². The van der Waals surface area contributed by atoms with Crippen molar-refractivity contribution in [2.75, 3.05) is 36.8 Å². The number of sulfonamides is 1. The van der Waals surface area contributed by atoms with Gasteiger partial charge in [0.15, 0.2) is 0 Å². The Kier molecular flexibility index (Phi) is 7.15. The molecule has 0 radical (unpaired) electrons. The molecule has 2 heterocycles. The molecule has 1 atom stereocenters. The molecular weight excluding hydrogens is 469 g/mol. The van der Waals surface area contributed by atoms with Gasteiger partial charge in [0.1, 0.15) is 0 Å². The first kappa shape index (κ1) is 24.5. The maximum atomic E-state index is 13.2. The van der Waals surface area contributed by atoms with E-state index in [4.69, 9.17) is 0 Å². The average Bonchev–Trinajstić information content (AvgIpc) is 3.47. The predicted octanol–water partition coefficient (Wildman–Crippen LogP) is 4.60. The molecule has 11 heteroatoms. The van der Waals surface area contributed by atoms with Gasteiger partial charge >= 0.3 is 12.2 Å². The lowest BCUT2D eigenvalue weighted by molar-refractivity contribution is -0.137. The molecule has 0 spiro atoms. The summed E-state index contributed by atoms with van der Waals surface area (Å²) in [7, 11) is -3.65. The number of hydrogen-bond acceptors (Lipinski definition) is 4. The second kappa shape index (κ2) is 9.93. The third-order valence-electron chi connectivity index (χ3n) is 6.18. The second-order valence-electron chi connectivity index (χ2n) is 8.60. The van der Waals surface area contributed by atoms with E-state index in [2.05, 4.69) is 15.5 Å². The summed E-state index contributed by atoms with van der Waals surface area (Å²) in [5, 5.41) is 5.00. The molecule has 34 heavy (non-hydrogen) atoms. The first-order valence-electron chi connectivity index (χ1n) is 11.2. The van der Waals surface area contributed by atoms with Crippen LogP contribution in [0.4, 0.5) is 29.3 Å². The fraction of sp³-hybridized carbons (Fsp3) is 0.435. The molecule has 2 fully saturated rings. The lowest BCUT2D eigenvalue weighted by Gasteiger charge is -2.28. The maximum absolute atomic E-state index is 13.2. The van der Waals surface area contributed by atoms with Crippen molar-refractivity contribution >= 4 is 27.4 Å². The van der Waals surface area contributed by atoms with Crippen molar-refractivity contribution in [3.8, 4) is 0 Å². The molecule has 0 saturated carbocycles. The zero-order valence-corrected chi connectivity index (χ0v) is 19.3. The quantitative estimate of drug-likeness (QED) is 0.613. The van der Waals surface area contributed by atoms with Crippen molar-refractivity contribution < 1.29 is 26.4 Å². The highest BCUT2D eigenvalue weighted by atomic mass is 32.2. The second-order valence-corrected chi connectivity index (χ2v) is 10.5. The number of amides is 2. The number of rotatable bonds is 6. The molecule has 2 aromatic carbocycles. The smallest absolute Gasteiger partial charge is 0.308 e. The van der Waals surface area contributed by atoms with Gasteiger partial charge in [-0.05, 0) is 87.3 Å². The van der Waals surface area contributed by atoms with Crippen molar-refractivity contribution in [2.24, 2.45) is 0 Å². The Morgan fingerprint density at radius 2 is 1.44 bits per heavy atom. The van der Waals surface area contributed by atoms with Crippen LogP contribution in [0.3, 0.4) is 0 Å². The van der Waals surface area contributed by atoms with E-state index >= 15 is 0 Å². The summed E-state index contributed by atoms with van der Waals surface area (Å²) in [6.45, 7) is 3.28. The van der Waals surface area contributed by atoms with Crippen LogP contribution in [0.15, 0.2) is 53.4 Å². The van der Waals surface area contributed by atoms with Gasteiger partial charge in [0, 0.05) is 30.5 Å². The van der Waals surface area contributed by atoms with Gasteiger partial charge in [0.05, 0.1) is 10.5 Å². The summed E-state index contributed by atoms with van der Waals surface area (Å²) in [5.74, 6) is 0. The third-order valence-corrected chi connectivity index (χ3v) is 8.15. The van der Waals surface area contributed by atoms with Crippen LogP contribution in [0.5, 0.6) is 0 Å². The fourth-order valence-corrected chi connectivity index (χ4v) is 6.14. The fourth-order valence-electron chi connectivity index (χ4n) is 4.45. The molecule has 0 aromatic heterocycles. The Balaban J connectivity index is 1.36. The van der Waals surface area contributed by atoms with Gasteiger partial charge in [-0.1, -0.05) is 0 Å². The summed E-state index contributed by atoms with van der Waals surface area (Å²) in [4.78, 5) is 14.7. The first-order chi connectivity index (χ1) is 16.1. The molecule has 0 aliphatic carbocycles. The van der Waals surface area contributed by atoms with E-state index in [0.717, 1.165) is 69.6 Å². The van der Waals surface area contributed by atoms with Crippen LogP contribution >= 0.6 is 0 Å². The Morgan fingerprint density at radius 1 is 0.882 bits per heavy atom. The summed E-state index contributed by atoms with van der Waals surface area (Å²) in [6.07, 6.45) is -0.464. The van der Waals surface area contributed by atoms with E-state index in [1.54, 1.807) is 4.31 Å². The zero-order valence-electron chi connectivity index (χ0n) is 18.5. The van der Waals surface area contributed by atoms with Crippen LogP contribution in [0, 0.1) is 0 Å². The van der Waals surface area contributed by atoms with Crippen molar-refractivity contribution in [3.63, 3.8) is 0 Å². The summed E-state index contributed by atoms with van der Waals surface area (Å²) >= 11 is 0. The number of urea groups is 1. The van der Waals surface area contributed by atoms with Crippen LogP contribution in [-0.2, 0) is 16.2 Å². The molecule has 2 saturated heterocycles. The molecule has 0 unspecified atom stereocenters. The Bertz CT molecular complexity index is 1100. The predicted molar refractivity (Wildman–Crippen MR) is 123 cm³/mol. The highest BCUT2D eigenvalue weighted by Gasteiger charge is 2.36. The van der Waals surface area contributed by atoms with E-state index in [1.165, 1.54) is 24.3 Å². The molecule has 4 rings (SSSR count). The van der Waals surface area contributed by atoms with E-state index in [-0.39, 0.29) is 16.6 Å². The highest BCUT2D eigenvalue weighted by Crippen LogP contribution is 2.30. The van der Waals surface area contributed by atoms with Gasteiger partial charge in [-0.2, -0.15) is 17.5 Å². The van der Waals surface area contributed by atoms with E-state index in [1.807, 2.05) is 0 Å². The Hall–Kier alpha value is -2.63. The SMILES string of the molecule is O=C(Nc1ccc(C(F)(F)F)cc1)Nc1ccc(S(=O)(=O)N2CCC[C@H]2CN2CCCC2)cc1. The van der Waals surface area contributed by atoms with E-state index < -0.39 is 27.8 Å². The van der Waals surface area contributed by atoms with Gasteiger partial charge in [0.2, 0.25) is 10.0 Å². The maximum Gasteiger partial charge on any atom is 0.416 e. The minimum atomic E-state index is -4.45. The average molecular weight is 497 g/mol. The number of carbonyl (C=O) groups is 1. The summed E-state index contributed by atoms with van der Waals surface area (Å²) in [5.41, 5.74) is -0.253. The molecule has 184 valence electrons. The van der Waals surface area contributed by atoms with Crippen LogP contribution in [0.2, 0.25) is 0 Å². The molecule has 2 aliphatic heterocycles. The lowest BCUT2D eigenvalue weighted by Crippen LogP contribution is -2.42. The third kappa shape index (κ3) is 5.70. The van der Waals surface area contributed by atoms with Gasteiger partial charge in [-0.25, -0.2) is 13.2 Å².